The third kappa shape index (κ3) is 6.02. The van der Waals surface area contributed by atoms with Gasteiger partial charge in [0.05, 0.1) is 19.9 Å². The van der Waals surface area contributed by atoms with Gasteiger partial charge in [0.2, 0.25) is 0 Å². The number of guanidine groups is 1. The highest BCUT2D eigenvalue weighted by Gasteiger charge is 2.26. The summed E-state index contributed by atoms with van der Waals surface area (Å²) >= 11 is 0. The average Bonchev–Trinajstić information content (AvgIpc) is 3.34. The van der Waals surface area contributed by atoms with Crippen LogP contribution in [0.2, 0.25) is 0 Å². The smallest absolute Gasteiger partial charge is 0.193 e. The Morgan fingerprint density at radius 3 is 2.89 bits per heavy atom. The first-order valence-corrected chi connectivity index (χ1v) is 9.40. The highest BCUT2D eigenvalue weighted by Crippen LogP contribution is 2.26. The van der Waals surface area contributed by atoms with Crippen molar-refractivity contribution in [1.82, 2.24) is 20.0 Å². The van der Waals surface area contributed by atoms with Crippen molar-refractivity contribution >= 4 is 29.9 Å². The molecule has 2 aromatic rings. The summed E-state index contributed by atoms with van der Waals surface area (Å²) < 4.78 is 12.9. The lowest BCUT2D eigenvalue weighted by molar-refractivity contribution is 0.308. The van der Waals surface area contributed by atoms with Crippen molar-refractivity contribution < 1.29 is 9.47 Å². The molecule has 1 aromatic carbocycles. The van der Waals surface area contributed by atoms with E-state index in [0.717, 1.165) is 49.9 Å². The topological polar surface area (TPSA) is 63.9 Å². The molecule has 1 unspecified atom stereocenters. The van der Waals surface area contributed by atoms with Crippen LogP contribution in [-0.2, 0) is 7.05 Å². The van der Waals surface area contributed by atoms with Crippen LogP contribution in [0.5, 0.6) is 11.5 Å². The van der Waals surface area contributed by atoms with Gasteiger partial charge in [0.15, 0.2) is 5.96 Å². The van der Waals surface area contributed by atoms with Gasteiger partial charge < -0.3 is 19.7 Å². The van der Waals surface area contributed by atoms with E-state index in [1.165, 1.54) is 5.56 Å². The molecule has 0 bridgehead atoms. The molecule has 1 aliphatic rings. The molecule has 2 heterocycles. The Morgan fingerprint density at radius 2 is 2.18 bits per heavy atom. The zero-order valence-electron chi connectivity index (χ0n) is 16.8. The van der Waals surface area contributed by atoms with E-state index in [1.54, 1.807) is 7.11 Å². The third-order valence-corrected chi connectivity index (χ3v) is 4.81. The summed E-state index contributed by atoms with van der Waals surface area (Å²) in [6.07, 6.45) is 6.11. The predicted octanol–water partition coefficient (Wildman–Crippen LogP) is 2.88. The molecular formula is C20H30IN5O2. The van der Waals surface area contributed by atoms with E-state index in [2.05, 4.69) is 26.5 Å². The number of likely N-dealkylation sites (tertiary alicyclic amines) is 1. The first-order valence-electron chi connectivity index (χ1n) is 9.40. The van der Waals surface area contributed by atoms with E-state index in [-0.39, 0.29) is 24.0 Å². The molecule has 1 N–H and O–H groups in total. The molecule has 1 fully saturated rings. The van der Waals surface area contributed by atoms with Gasteiger partial charge in [-0.2, -0.15) is 5.10 Å². The van der Waals surface area contributed by atoms with Crippen LogP contribution in [0.25, 0.3) is 0 Å². The lowest BCUT2D eigenvalue weighted by Gasteiger charge is -2.21. The number of rotatable bonds is 7. The highest BCUT2D eigenvalue weighted by atomic mass is 127. The fourth-order valence-corrected chi connectivity index (χ4v) is 3.36. The maximum absolute atomic E-state index is 5.78. The number of aromatic nitrogens is 2. The maximum atomic E-state index is 5.78. The standard InChI is InChI=1S/C20H29N5O2.HI/c1-21-20(25-10-8-16(15-25)17-13-23-24(2)14-17)22-9-5-11-27-19-7-4-6-18(12-19)26-3;/h4,6-7,12-14,16H,5,8-11,15H2,1-3H3,(H,21,22);1H. The zero-order chi connectivity index (χ0) is 19.1. The first kappa shape index (κ1) is 22.3. The van der Waals surface area contributed by atoms with Crippen LogP contribution in [0, 0.1) is 0 Å². The van der Waals surface area contributed by atoms with Crippen LogP contribution < -0.4 is 14.8 Å². The molecule has 0 radical (unpaired) electrons. The molecule has 0 aliphatic carbocycles. The lowest BCUT2D eigenvalue weighted by Crippen LogP contribution is -2.40. The van der Waals surface area contributed by atoms with Crippen LogP contribution in [0.3, 0.4) is 0 Å². The normalized spacial score (nSPS) is 16.6. The van der Waals surface area contributed by atoms with Gasteiger partial charge in [0, 0.05) is 51.9 Å². The molecule has 28 heavy (non-hydrogen) atoms. The van der Waals surface area contributed by atoms with E-state index in [9.17, 15) is 0 Å². The fraction of sp³-hybridized carbons (Fsp3) is 0.500. The Kier molecular flexibility index (Phi) is 8.88. The number of nitrogens with one attached hydrogen (secondary N) is 1. The quantitative estimate of drug-likeness (QED) is 0.275. The van der Waals surface area contributed by atoms with Crippen molar-refractivity contribution in [2.45, 2.75) is 18.8 Å². The summed E-state index contributed by atoms with van der Waals surface area (Å²) in [5.41, 5.74) is 1.31. The van der Waals surface area contributed by atoms with Crippen LogP contribution in [0.4, 0.5) is 0 Å². The molecule has 7 nitrogen and oxygen atoms in total. The van der Waals surface area contributed by atoms with Gasteiger partial charge in [-0.15, -0.1) is 24.0 Å². The SMILES string of the molecule is CN=C(NCCCOc1cccc(OC)c1)N1CCC(c2cnn(C)c2)C1.I. The summed E-state index contributed by atoms with van der Waals surface area (Å²) in [6, 6.07) is 7.68. The average molecular weight is 499 g/mol. The van der Waals surface area contributed by atoms with Gasteiger partial charge in [-0.1, -0.05) is 6.07 Å². The van der Waals surface area contributed by atoms with E-state index >= 15 is 0 Å². The Morgan fingerprint density at radius 1 is 1.36 bits per heavy atom. The number of methoxy groups -OCH3 is 1. The van der Waals surface area contributed by atoms with Crippen molar-refractivity contribution in [2.75, 3.05) is 40.4 Å². The van der Waals surface area contributed by atoms with Gasteiger partial charge in [-0.3, -0.25) is 9.67 Å². The van der Waals surface area contributed by atoms with Crippen molar-refractivity contribution in [2.24, 2.45) is 12.0 Å². The fourth-order valence-electron chi connectivity index (χ4n) is 3.36. The number of hydrogen-bond acceptors (Lipinski definition) is 4. The summed E-state index contributed by atoms with van der Waals surface area (Å²) in [4.78, 5) is 6.76. The summed E-state index contributed by atoms with van der Waals surface area (Å²) in [7, 11) is 5.46. The summed E-state index contributed by atoms with van der Waals surface area (Å²) in [6.45, 7) is 3.46. The Balaban J connectivity index is 0.00000280. The molecule has 3 rings (SSSR count). The van der Waals surface area contributed by atoms with Gasteiger partial charge >= 0.3 is 0 Å². The van der Waals surface area contributed by atoms with Gasteiger partial charge in [-0.25, -0.2) is 0 Å². The minimum absolute atomic E-state index is 0. The summed E-state index contributed by atoms with van der Waals surface area (Å²) in [5, 5.41) is 7.74. The molecule has 0 saturated carbocycles. The van der Waals surface area contributed by atoms with E-state index in [0.29, 0.717) is 12.5 Å². The maximum Gasteiger partial charge on any atom is 0.193 e. The molecule has 0 spiro atoms. The number of benzene rings is 1. The Bertz CT molecular complexity index is 765. The van der Waals surface area contributed by atoms with Gasteiger partial charge in [0.25, 0.3) is 0 Å². The minimum Gasteiger partial charge on any atom is -0.497 e. The Hall–Kier alpha value is -1.97. The monoisotopic (exact) mass is 499 g/mol. The van der Waals surface area contributed by atoms with Gasteiger partial charge in [0.1, 0.15) is 11.5 Å². The minimum atomic E-state index is 0. The molecular weight excluding hydrogens is 469 g/mol. The zero-order valence-corrected chi connectivity index (χ0v) is 19.1. The highest BCUT2D eigenvalue weighted by molar-refractivity contribution is 14.0. The number of hydrogen-bond donors (Lipinski definition) is 1. The second-order valence-corrected chi connectivity index (χ2v) is 6.73. The molecule has 1 saturated heterocycles. The van der Waals surface area contributed by atoms with E-state index in [1.807, 2.05) is 49.2 Å². The number of ether oxygens (including phenoxy) is 2. The number of halogens is 1. The Labute approximate surface area is 184 Å². The molecule has 1 aliphatic heterocycles. The summed E-state index contributed by atoms with van der Waals surface area (Å²) in [5.74, 6) is 3.12. The molecule has 1 atom stereocenters. The van der Waals surface area contributed by atoms with Crippen molar-refractivity contribution in [3.8, 4) is 11.5 Å². The van der Waals surface area contributed by atoms with Crippen LogP contribution in [0.15, 0.2) is 41.7 Å². The first-order chi connectivity index (χ1) is 13.2. The van der Waals surface area contributed by atoms with Crippen LogP contribution in [-0.4, -0.2) is 61.0 Å². The molecule has 0 amide bonds. The van der Waals surface area contributed by atoms with Crippen molar-refractivity contribution in [3.05, 3.63) is 42.2 Å². The number of aryl methyl sites for hydroxylation is 1. The third-order valence-electron chi connectivity index (χ3n) is 4.81. The lowest BCUT2D eigenvalue weighted by atomic mass is 10.0. The van der Waals surface area contributed by atoms with Crippen molar-refractivity contribution in [3.63, 3.8) is 0 Å². The van der Waals surface area contributed by atoms with Crippen LogP contribution >= 0.6 is 24.0 Å². The number of aliphatic imine (C=N–C) groups is 1. The van der Waals surface area contributed by atoms with Crippen LogP contribution in [0.1, 0.15) is 24.3 Å². The largest absolute Gasteiger partial charge is 0.497 e. The molecule has 1 aromatic heterocycles. The van der Waals surface area contributed by atoms with E-state index in [4.69, 9.17) is 9.47 Å². The van der Waals surface area contributed by atoms with Gasteiger partial charge in [-0.05, 0) is 30.5 Å². The predicted molar refractivity (Wildman–Crippen MR) is 122 cm³/mol. The van der Waals surface area contributed by atoms with Crippen molar-refractivity contribution in [1.29, 1.82) is 0 Å². The molecule has 8 heteroatoms. The van der Waals surface area contributed by atoms with E-state index < -0.39 is 0 Å². The number of nitrogens with zero attached hydrogens (tertiary/aromatic N) is 4. The second kappa shape index (κ2) is 11.1. The molecule has 154 valence electrons. The second-order valence-electron chi connectivity index (χ2n) is 6.73.